The molecular formula is C28H26N6O2. The van der Waals surface area contributed by atoms with Gasteiger partial charge in [0.25, 0.3) is 0 Å². The van der Waals surface area contributed by atoms with E-state index in [-0.39, 0.29) is 11.7 Å². The summed E-state index contributed by atoms with van der Waals surface area (Å²) >= 11 is 0. The van der Waals surface area contributed by atoms with Crippen LogP contribution in [0.1, 0.15) is 24.4 Å². The Kier molecular flexibility index (Phi) is 5.79. The number of hydrogen-bond donors (Lipinski definition) is 2. The number of H-pyrrole nitrogens is 2. The van der Waals surface area contributed by atoms with Gasteiger partial charge in [-0.2, -0.15) is 10.1 Å². The minimum atomic E-state index is -0.467. The predicted octanol–water partition coefficient (Wildman–Crippen LogP) is 3.98. The van der Waals surface area contributed by atoms with Crippen molar-refractivity contribution in [2.45, 2.75) is 25.4 Å². The molecule has 1 aliphatic rings. The fourth-order valence-corrected chi connectivity index (χ4v) is 5.13. The first kappa shape index (κ1) is 22.2. The van der Waals surface area contributed by atoms with E-state index in [2.05, 4.69) is 37.2 Å². The van der Waals surface area contributed by atoms with Crippen molar-refractivity contribution in [3.05, 3.63) is 105 Å². The molecule has 6 rings (SSSR count). The zero-order chi connectivity index (χ0) is 24.5. The Morgan fingerprint density at radius 3 is 2.28 bits per heavy atom. The molecule has 1 saturated heterocycles. The van der Waals surface area contributed by atoms with Gasteiger partial charge in [-0.15, -0.1) is 0 Å². The van der Waals surface area contributed by atoms with Crippen molar-refractivity contribution in [2.24, 2.45) is 0 Å². The zero-order valence-electron chi connectivity index (χ0n) is 19.7. The second-order valence-electron chi connectivity index (χ2n) is 9.23. The highest BCUT2D eigenvalue weighted by molar-refractivity contribution is 5.77. The minimum Gasteiger partial charge on any atom is -0.306 e. The van der Waals surface area contributed by atoms with Gasteiger partial charge in [-0.25, -0.2) is 14.7 Å². The van der Waals surface area contributed by atoms with Crippen LogP contribution in [0.5, 0.6) is 0 Å². The van der Waals surface area contributed by atoms with Crippen molar-refractivity contribution in [3.63, 3.8) is 0 Å². The highest BCUT2D eigenvalue weighted by Crippen LogP contribution is 2.29. The summed E-state index contributed by atoms with van der Waals surface area (Å²) in [6.07, 6.45) is 1.87. The van der Waals surface area contributed by atoms with E-state index in [1.807, 2.05) is 71.3 Å². The zero-order valence-corrected chi connectivity index (χ0v) is 19.7. The van der Waals surface area contributed by atoms with Crippen LogP contribution in [0.3, 0.4) is 0 Å². The molecule has 0 unspecified atom stereocenters. The average molecular weight is 479 g/mol. The number of aromatic amines is 2. The molecule has 2 aromatic heterocycles. The van der Waals surface area contributed by atoms with Crippen LogP contribution in [0, 0.1) is 0 Å². The highest BCUT2D eigenvalue weighted by atomic mass is 16.1. The molecule has 3 aromatic carbocycles. The Bertz CT molecular complexity index is 1610. The third kappa shape index (κ3) is 4.27. The van der Waals surface area contributed by atoms with Crippen LogP contribution in [0.15, 0.2) is 88.5 Å². The quantitative estimate of drug-likeness (QED) is 0.398. The van der Waals surface area contributed by atoms with Crippen molar-refractivity contribution in [3.8, 4) is 22.5 Å². The molecule has 1 fully saturated rings. The average Bonchev–Trinajstić information content (AvgIpc) is 3.26. The lowest BCUT2D eigenvalue weighted by Crippen LogP contribution is -2.36. The Labute approximate surface area is 207 Å². The van der Waals surface area contributed by atoms with Gasteiger partial charge >= 0.3 is 11.4 Å². The van der Waals surface area contributed by atoms with E-state index < -0.39 is 5.69 Å². The molecule has 0 saturated carbocycles. The summed E-state index contributed by atoms with van der Waals surface area (Å²) in [6, 6.07) is 26.0. The smallest absolute Gasteiger partial charge is 0.306 e. The van der Waals surface area contributed by atoms with E-state index in [9.17, 15) is 9.59 Å². The van der Waals surface area contributed by atoms with Crippen molar-refractivity contribution in [1.29, 1.82) is 0 Å². The number of para-hydroxylation sites is 2. The van der Waals surface area contributed by atoms with E-state index in [0.29, 0.717) is 11.4 Å². The normalized spacial score (nSPS) is 14.9. The molecule has 0 aliphatic carbocycles. The molecule has 0 atom stereocenters. The van der Waals surface area contributed by atoms with Gasteiger partial charge in [-0.3, -0.25) is 9.47 Å². The number of nitrogens with one attached hydrogen (secondary N) is 2. The Morgan fingerprint density at radius 1 is 0.806 bits per heavy atom. The molecule has 36 heavy (non-hydrogen) atoms. The number of piperidine rings is 1. The van der Waals surface area contributed by atoms with Gasteiger partial charge in [0.05, 0.1) is 11.0 Å². The van der Waals surface area contributed by atoms with E-state index in [0.717, 1.165) is 54.6 Å². The van der Waals surface area contributed by atoms with Crippen LogP contribution in [0.4, 0.5) is 0 Å². The van der Waals surface area contributed by atoms with Gasteiger partial charge in [-0.05, 0) is 30.5 Å². The van der Waals surface area contributed by atoms with Gasteiger partial charge in [0, 0.05) is 36.8 Å². The lowest BCUT2D eigenvalue weighted by atomic mass is 10.0. The fraction of sp³-hybridized carbons (Fsp3) is 0.214. The first-order chi connectivity index (χ1) is 17.7. The van der Waals surface area contributed by atoms with E-state index in [4.69, 9.17) is 0 Å². The fourth-order valence-electron chi connectivity index (χ4n) is 5.13. The molecule has 0 radical (unpaired) electrons. The summed E-state index contributed by atoms with van der Waals surface area (Å²) in [4.78, 5) is 34.1. The number of aromatic nitrogens is 5. The summed E-state index contributed by atoms with van der Waals surface area (Å²) in [5.41, 5.74) is 5.55. The summed E-state index contributed by atoms with van der Waals surface area (Å²) in [6.45, 7) is 2.69. The van der Waals surface area contributed by atoms with Crippen LogP contribution in [0.25, 0.3) is 33.5 Å². The van der Waals surface area contributed by atoms with Crippen LogP contribution in [-0.4, -0.2) is 42.7 Å². The molecule has 5 aromatic rings. The lowest BCUT2D eigenvalue weighted by Gasteiger charge is -2.32. The first-order valence-corrected chi connectivity index (χ1v) is 12.2. The van der Waals surface area contributed by atoms with Gasteiger partial charge in [0.15, 0.2) is 0 Å². The molecule has 1 aliphatic heterocycles. The largest absolute Gasteiger partial charge is 0.361 e. The molecule has 2 N–H and O–H groups in total. The van der Waals surface area contributed by atoms with Crippen LogP contribution in [-0.2, 0) is 6.54 Å². The topological polar surface area (TPSA) is 99.7 Å². The Hall–Kier alpha value is -4.30. The van der Waals surface area contributed by atoms with Gasteiger partial charge < -0.3 is 4.98 Å². The predicted molar refractivity (Wildman–Crippen MR) is 140 cm³/mol. The number of likely N-dealkylation sites (tertiary alicyclic amines) is 1. The van der Waals surface area contributed by atoms with Crippen molar-refractivity contribution in [2.75, 3.05) is 13.1 Å². The number of imidazole rings is 1. The van der Waals surface area contributed by atoms with E-state index in [1.54, 1.807) is 0 Å². The summed E-state index contributed by atoms with van der Waals surface area (Å²) < 4.78 is 1.92. The maximum atomic E-state index is 12.6. The molecule has 180 valence electrons. The Balaban J connectivity index is 1.16. The van der Waals surface area contributed by atoms with Crippen molar-refractivity contribution < 1.29 is 0 Å². The molecule has 0 bridgehead atoms. The molecule has 8 nitrogen and oxygen atoms in total. The van der Waals surface area contributed by atoms with E-state index >= 15 is 0 Å². The number of benzene rings is 3. The van der Waals surface area contributed by atoms with Gasteiger partial charge in [0.2, 0.25) is 0 Å². The van der Waals surface area contributed by atoms with Crippen LogP contribution >= 0.6 is 0 Å². The van der Waals surface area contributed by atoms with E-state index in [1.165, 1.54) is 5.56 Å². The van der Waals surface area contributed by atoms with Crippen LogP contribution < -0.4 is 11.4 Å². The third-order valence-electron chi connectivity index (χ3n) is 6.93. The highest BCUT2D eigenvalue weighted by Gasteiger charge is 2.23. The number of fused-ring (bicyclic) bond motifs is 1. The summed E-state index contributed by atoms with van der Waals surface area (Å²) in [7, 11) is 0. The molecular weight excluding hydrogens is 452 g/mol. The standard InChI is InChI=1S/C28H26N6O2/c35-27-30-25(26(31-32-27)20-6-2-1-3-7-20)21-12-10-19(11-13-21)18-33-16-14-22(15-17-33)34-24-9-5-4-8-23(24)29-28(34)36/h1-13,22H,14-18H2,(H,29,36)(H,30,32,35). The third-order valence-corrected chi connectivity index (χ3v) is 6.93. The lowest BCUT2D eigenvalue weighted by molar-refractivity contribution is 0.180. The minimum absolute atomic E-state index is 0.0250. The number of rotatable bonds is 5. The SMILES string of the molecule is O=c1nc(-c2ccc(CN3CCC(n4c(=O)[nH]c5ccccc54)CC3)cc2)c(-c2ccccc2)n[nH]1. The van der Waals surface area contributed by atoms with Crippen molar-refractivity contribution >= 4 is 11.0 Å². The summed E-state index contributed by atoms with van der Waals surface area (Å²) in [5, 5.41) is 6.71. The maximum Gasteiger partial charge on any atom is 0.361 e. The monoisotopic (exact) mass is 478 g/mol. The van der Waals surface area contributed by atoms with Crippen molar-refractivity contribution in [1.82, 2.24) is 29.6 Å². The number of nitrogens with zero attached hydrogens (tertiary/aromatic N) is 4. The molecule has 8 heteroatoms. The Morgan fingerprint density at radius 2 is 1.50 bits per heavy atom. The van der Waals surface area contributed by atoms with Gasteiger partial charge in [-0.1, -0.05) is 66.7 Å². The maximum absolute atomic E-state index is 12.6. The number of hydrogen-bond acceptors (Lipinski definition) is 5. The van der Waals surface area contributed by atoms with Crippen LogP contribution in [0.2, 0.25) is 0 Å². The second-order valence-corrected chi connectivity index (χ2v) is 9.23. The summed E-state index contributed by atoms with van der Waals surface area (Å²) in [5.74, 6) is 0. The molecule has 0 amide bonds. The first-order valence-electron chi connectivity index (χ1n) is 12.2. The van der Waals surface area contributed by atoms with Gasteiger partial charge in [0.1, 0.15) is 11.4 Å². The molecule has 3 heterocycles. The second kappa shape index (κ2) is 9.39. The molecule has 0 spiro atoms.